The first kappa shape index (κ1) is 9.43. The Balaban J connectivity index is 2.32. The van der Waals surface area contributed by atoms with E-state index in [0.717, 1.165) is 16.8 Å². The highest BCUT2D eigenvalue weighted by Crippen LogP contribution is 2.25. The number of imidazole rings is 1. The number of halogens is 1. The Hall–Kier alpha value is -1.80. The van der Waals surface area contributed by atoms with Gasteiger partial charge in [0.05, 0.1) is 6.20 Å². The van der Waals surface area contributed by atoms with Crippen molar-refractivity contribution < 1.29 is 0 Å². The molecule has 0 unspecified atom stereocenters. The molecular weight excluding hydrogens is 220 g/mol. The van der Waals surface area contributed by atoms with Gasteiger partial charge in [0.2, 0.25) is 0 Å². The van der Waals surface area contributed by atoms with E-state index in [-0.39, 0.29) is 0 Å². The van der Waals surface area contributed by atoms with Crippen LogP contribution >= 0.6 is 11.6 Å². The molecule has 0 atom stereocenters. The SMILES string of the molecule is Clc1cnc2c(-c3ccccc3)cccn12. The molecule has 3 heteroatoms. The van der Waals surface area contributed by atoms with Crippen LogP contribution in [-0.4, -0.2) is 9.38 Å². The third-order valence-electron chi connectivity index (χ3n) is 2.58. The van der Waals surface area contributed by atoms with E-state index in [2.05, 4.69) is 17.1 Å². The Labute approximate surface area is 98.1 Å². The molecule has 0 bridgehead atoms. The molecule has 0 amide bonds. The van der Waals surface area contributed by atoms with E-state index in [1.807, 2.05) is 40.9 Å². The molecule has 0 aliphatic carbocycles. The smallest absolute Gasteiger partial charge is 0.145 e. The van der Waals surface area contributed by atoms with Crippen LogP contribution in [0.2, 0.25) is 5.15 Å². The van der Waals surface area contributed by atoms with Gasteiger partial charge in [-0.05, 0) is 17.7 Å². The molecule has 0 fully saturated rings. The molecule has 0 radical (unpaired) electrons. The van der Waals surface area contributed by atoms with Crippen LogP contribution in [0.4, 0.5) is 0 Å². The molecule has 1 aromatic carbocycles. The molecule has 2 heterocycles. The summed E-state index contributed by atoms with van der Waals surface area (Å²) in [4.78, 5) is 4.33. The van der Waals surface area contributed by atoms with Crippen molar-refractivity contribution in [1.82, 2.24) is 9.38 Å². The molecule has 16 heavy (non-hydrogen) atoms. The van der Waals surface area contributed by atoms with E-state index < -0.39 is 0 Å². The van der Waals surface area contributed by atoms with Crippen LogP contribution in [0.1, 0.15) is 0 Å². The highest BCUT2D eigenvalue weighted by atomic mass is 35.5. The minimum atomic E-state index is 0.632. The number of rotatable bonds is 1. The van der Waals surface area contributed by atoms with Crippen LogP contribution in [0.3, 0.4) is 0 Å². The lowest BCUT2D eigenvalue weighted by atomic mass is 10.1. The van der Waals surface area contributed by atoms with E-state index in [0.29, 0.717) is 5.15 Å². The summed E-state index contributed by atoms with van der Waals surface area (Å²) in [5, 5.41) is 0.632. The summed E-state index contributed by atoms with van der Waals surface area (Å²) in [6.45, 7) is 0. The van der Waals surface area contributed by atoms with Crippen LogP contribution in [0.15, 0.2) is 54.9 Å². The number of pyridine rings is 1. The second-order valence-corrected chi connectivity index (χ2v) is 3.95. The largest absolute Gasteiger partial charge is 0.290 e. The average molecular weight is 229 g/mol. The summed E-state index contributed by atoms with van der Waals surface area (Å²) >= 11 is 6.03. The maximum atomic E-state index is 6.03. The summed E-state index contributed by atoms with van der Waals surface area (Å²) in [5.74, 6) is 0. The maximum Gasteiger partial charge on any atom is 0.145 e. The first-order chi connectivity index (χ1) is 7.86. The van der Waals surface area contributed by atoms with E-state index in [1.165, 1.54) is 0 Å². The van der Waals surface area contributed by atoms with Crippen LogP contribution < -0.4 is 0 Å². The second kappa shape index (κ2) is 3.65. The average Bonchev–Trinajstić information content (AvgIpc) is 2.73. The van der Waals surface area contributed by atoms with Gasteiger partial charge in [0.15, 0.2) is 0 Å². The molecular formula is C13H9ClN2. The standard InChI is InChI=1S/C13H9ClN2/c14-12-9-15-13-11(7-4-8-16(12)13)10-5-2-1-3-6-10/h1-9H. The van der Waals surface area contributed by atoms with Crippen molar-refractivity contribution in [2.45, 2.75) is 0 Å². The topological polar surface area (TPSA) is 17.3 Å². The van der Waals surface area contributed by atoms with Crippen molar-refractivity contribution in [3.8, 4) is 11.1 Å². The van der Waals surface area contributed by atoms with Gasteiger partial charge in [-0.15, -0.1) is 0 Å². The highest BCUT2D eigenvalue weighted by molar-refractivity contribution is 6.29. The second-order valence-electron chi connectivity index (χ2n) is 3.56. The Morgan fingerprint density at radius 1 is 1.00 bits per heavy atom. The Bertz CT molecular complexity index is 629. The number of nitrogens with zero attached hydrogens (tertiary/aromatic N) is 2. The van der Waals surface area contributed by atoms with Gasteiger partial charge in [-0.2, -0.15) is 0 Å². The maximum absolute atomic E-state index is 6.03. The summed E-state index contributed by atoms with van der Waals surface area (Å²) in [6, 6.07) is 14.2. The Morgan fingerprint density at radius 2 is 1.81 bits per heavy atom. The molecule has 0 aliphatic heterocycles. The Morgan fingerprint density at radius 3 is 2.62 bits per heavy atom. The molecule has 3 aromatic rings. The third kappa shape index (κ3) is 1.39. The minimum absolute atomic E-state index is 0.632. The zero-order valence-corrected chi connectivity index (χ0v) is 9.22. The van der Waals surface area contributed by atoms with E-state index in [1.54, 1.807) is 6.20 Å². The van der Waals surface area contributed by atoms with Gasteiger partial charge in [0.25, 0.3) is 0 Å². The number of fused-ring (bicyclic) bond motifs is 1. The summed E-state index contributed by atoms with van der Waals surface area (Å²) < 4.78 is 1.88. The first-order valence-corrected chi connectivity index (χ1v) is 5.41. The van der Waals surface area contributed by atoms with Gasteiger partial charge in [0, 0.05) is 11.8 Å². The van der Waals surface area contributed by atoms with Crippen molar-refractivity contribution in [2.24, 2.45) is 0 Å². The lowest BCUT2D eigenvalue weighted by molar-refractivity contribution is 1.19. The van der Waals surface area contributed by atoms with Crippen molar-refractivity contribution in [3.05, 3.63) is 60.0 Å². The lowest BCUT2D eigenvalue weighted by Gasteiger charge is -2.03. The van der Waals surface area contributed by atoms with Crippen LogP contribution in [0, 0.1) is 0 Å². The van der Waals surface area contributed by atoms with E-state index in [9.17, 15) is 0 Å². The normalized spacial score (nSPS) is 10.8. The fraction of sp³-hybridized carbons (Fsp3) is 0. The van der Waals surface area contributed by atoms with Crippen molar-refractivity contribution >= 4 is 17.2 Å². The van der Waals surface area contributed by atoms with Crippen LogP contribution in [0.5, 0.6) is 0 Å². The quantitative estimate of drug-likeness (QED) is 0.621. The van der Waals surface area contributed by atoms with Gasteiger partial charge in [0.1, 0.15) is 10.8 Å². The molecule has 0 N–H and O–H groups in total. The molecule has 78 valence electrons. The predicted octanol–water partition coefficient (Wildman–Crippen LogP) is 3.65. The lowest BCUT2D eigenvalue weighted by Crippen LogP contribution is -1.87. The molecule has 2 aromatic heterocycles. The van der Waals surface area contributed by atoms with Crippen molar-refractivity contribution in [3.63, 3.8) is 0 Å². The van der Waals surface area contributed by atoms with E-state index in [4.69, 9.17) is 11.6 Å². The number of benzene rings is 1. The molecule has 0 saturated heterocycles. The van der Waals surface area contributed by atoms with Crippen molar-refractivity contribution in [2.75, 3.05) is 0 Å². The fourth-order valence-corrected chi connectivity index (χ4v) is 2.01. The molecule has 0 aliphatic rings. The fourth-order valence-electron chi connectivity index (χ4n) is 1.82. The Kier molecular flexibility index (Phi) is 2.15. The highest BCUT2D eigenvalue weighted by Gasteiger charge is 2.06. The third-order valence-corrected chi connectivity index (χ3v) is 2.86. The zero-order chi connectivity index (χ0) is 11.0. The number of hydrogen-bond donors (Lipinski definition) is 0. The first-order valence-electron chi connectivity index (χ1n) is 5.03. The van der Waals surface area contributed by atoms with Gasteiger partial charge < -0.3 is 0 Å². The monoisotopic (exact) mass is 228 g/mol. The van der Waals surface area contributed by atoms with Crippen molar-refractivity contribution in [1.29, 1.82) is 0 Å². The molecule has 3 rings (SSSR count). The van der Waals surface area contributed by atoms with Gasteiger partial charge in [-0.3, -0.25) is 4.40 Å². The molecule has 0 saturated carbocycles. The summed E-state index contributed by atoms with van der Waals surface area (Å²) in [7, 11) is 0. The molecule has 0 spiro atoms. The van der Waals surface area contributed by atoms with Crippen LogP contribution in [0.25, 0.3) is 16.8 Å². The summed E-state index contributed by atoms with van der Waals surface area (Å²) in [5.41, 5.74) is 3.13. The van der Waals surface area contributed by atoms with Crippen LogP contribution in [-0.2, 0) is 0 Å². The van der Waals surface area contributed by atoms with Gasteiger partial charge >= 0.3 is 0 Å². The van der Waals surface area contributed by atoms with Gasteiger partial charge in [-0.25, -0.2) is 4.98 Å². The predicted molar refractivity (Wildman–Crippen MR) is 65.6 cm³/mol. The number of aromatic nitrogens is 2. The minimum Gasteiger partial charge on any atom is -0.290 e. The summed E-state index contributed by atoms with van der Waals surface area (Å²) in [6.07, 6.45) is 3.58. The number of hydrogen-bond acceptors (Lipinski definition) is 1. The molecule has 2 nitrogen and oxygen atoms in total. The zero-order valence-electron chi connectivity index (χ0n) is 8.47. The van der Waals surface area contributed by atoms with E-state index >= 15 is 0 Å². The van der Waals surface area contributed by atoms with Gasteiger partial charge in [-0.1, -0.05) is 41.9 Å².